The molecule has 0 amide bonds. The van der Waals surface area contributed by atoms with Crippen LogP contribution in [0.15, 0.2) is 29.3 Å². The zero-order chi connectivity index (χ0) is 9.80. The van der Waals surface area contributed by atoms with Crippen molar-refractivity contribution in [3.05, 3.63) is 35.4 Å². The van der Waals surface area contributed by atoms with Crippen molar-refractivity contribution >= 4 is 5.71 Å². The first kappa shape index (κ1) is 9.45. The highest BCUT2D eigenvalue weighted by atomic mass is 14.8. The minimum absolute atomic E-state index is 1.06. The molecule has 1 aliphatic heterocycles. The van der Waals surface area contributed by atoms with Crippen molar-refractivity contribution in [2.75, 3.05) is 6.54 Å². The van der Waals surface area contributed by atoms with E-state index < -0.39 is 0 Å². The van der Waals surface area contributed by atoms with Gasteiger partial charge in [0.15, 0.2) is 0 Å². The number of aryl methyl sites for hydroxylation is 2. The second-order valence-electron chi connectivity index (χ2n) is 3.98. The van der Waals surface area contributed by atoms with Gasteiger partial charge in [-0.25, -0.2) is 0 Å². The first-order chi connectivity index (χ1) is 6.86. The molecular formula is C13H17N. The fourth-order valence-corrected chi connectivity index (χ4v) is 1.97. The van der Waals surface area contributed by atoms with Crippen molar-refractivity contribution in [1.82, 2.24) is 0 Å². The van der Waals surface area contributed by atoms with Gasteiger partial charge < -0.3 is 0 Å². The molecule has 2 rings (SSSR count). The van der Waals surface area contributed by atoms with E-state index in [0.717, 1.165) is 19.4 Å². The lowest BCUT2D eigenvalue weighted by atomic mass is 10.0. The molecule has 1 aromatic carbocycles. The maximum Gasteiger partial charge on any atom is 0.0392 e. The van der Waals surface area contributed by atoms with Gasteiger partial charge in [-0.3, -0.25) is 4.99 Å². The normalized spacial score (nSPS) is 15.6. The molecule has 0 aliphatic carbocycles. The summed E-state index contributed by atoms with van der Waals surface area (Å²) in [4.78, 5) is 4.50. The Bertz CT molecular complexity index is 339. The number of aliphatic imine (C=N–C) groups is 1. The van der Waals surface area contributed by atoms with E-state index in [1.807, 2.05) is 0 Å². The maximum atomic E-state index is 4.50. The largest absolute Gasteiger partial charge is 0.294 e. The predicted octanol–water partition coefficient (Wildman–Crippen LogP) is 3.16. The van der Waals surface area contributed by atoms with Crippen LogP contribution in [0.3, 0.4) is 0 Å². The van der Waals surface area contributed by atoms with E-state index in [0.29, 0.717) is 0 Å². The summed E-state index contributed by atoms with van der Waals surface area (Å²) >= 11 is 0. The third-order valence-corrected chi connectivity index (χ3v) is 2.90. The Balaban J connectivity index is 1.94. The summed E-state index contributed by atoms with van der Waals surface area (Å²) in [6.07, 6.45) is 4.81. The first-order valence-corrected chi connectivity index (χ1v) is 5.43. The first-order valence-electron chi connectivity index (χ1n) is 5.43. The molecule has 1 aliphatic rings. The van der Waals surface area contributed by atoms with E-state index >= 15 is 0 Å². The van der Waals surface area contributed by atoms with E-state index in [1.165, 1.54) is 29.7 Å². The Labute approximate surface area is 85.9 Å². The smallest absolute Gasteiger partial charge is 0.0392 e. The molecule has 0 spiro atoms. The Morgan fingerprint density at radius 1 is 1.21 bits per heavy atom. The molecule has 0 bridgehead atoms. The average molecular weight is 187 g/mol. The van der Waals surface area contributed by atoms with Gasteiger partial charge in [-0.1, -0.05) is 24.3 Å². The van der Waals surface area contributed by atoms with Crippen LogP contribution in [0.5, 0.6) is 0 Å². The van der Waals surface area contributed by atoms with Crippen LogP contribution in [0, 0.1) is 6.92 Å². The van der Waals surface area contributed by atoms with Crippen LogP contribution in [0.2, 0.25) is 0 Å². The minimum atomic E-state index is 1.06. The van der Waals surface area contributed by atoms with E-state index in [-0.39, 0.29) is 0 Å². The lowest BCUT2D eigenvalue weighted by molar-refractivity contribution is 0.941. The van der Waals surface area contributed by atoms with Crippen LogP contribution < -0.4 is 0 Å². The lowest BCUT2D eigenvalue weighted by Gasteiger charge is -2.04. The van der Waals surface area contributed by atoms with Gasteiger partial charge in [-0.2, -0.15) is 0 Å². The maximum absolute atomic E-state index is 4.50. The summed E-state index contributed by atoms with van der Waals surface area (Å²) < 4.78 is 0. The molecule has 0 radical (unpaired) electrons. The molecule has 0 saturated heterocycles. The number of rotatable bonds is 3. The Morgan fingerprint density at radius 3 is 2.79 bits per heavy atom. The summed E-state index contributed by atoms with van der Waals surface area (Å²) in [5.74, 6) is 0. The predicted molar refractivity (Wildman–Crippen MR) is 61.0 cm³/mol. The van der Waals surface area contributed by atoms with Crippen LogP contribution in [0.25, 0.3) is 0 Å². The second-order valence-corrected chi connectivity index (χ2v) is 3.98. The highest BCUT2D eigenvalue weighted by Gasteiger charge is 2.06. The third-order valence-electron chi connectivity index (χ3n) is 2.90. The molecule has 14 heavy (non-hydrogen) atoms. The summed E-state index contributed by atoms with van der Waals surface area (Å²) in [5.41, 5.74) is 4.31. The van der Waals surface area contributed by atoms with Gasteiger partial charge in [-0.05, 0) is 43.7 Å². The molecular weight excluding hydrogens is 170 g/mol. The van der Waals surface area contributed by atoms with Gasteiger partial charge in [0.25, 0.3) is 0 Å². The Morgan fingerprint density at radius 2 is 2.07 bits per heavy atom. The van der Waals surface area contributed by atoms with Gasteiger partial charge in [0.2, 0.25) is 0 Å². The molecule has 1 nitrogen and oxygen atoms in total. The zero-order valence-electron chi connectivity index (χ0n) is 8.79. The zero-order valence-corrected chi connectivity index (χ0v) is 8.79. The molecule has 0 unspecified atom stereocenters. The molecule has 1 heteroatoms. The fourth-order valence-electron chi connectivity index (χ4n) is 1.97. The number of hydrogen-bond donors (Lipinski definition) is 0. The van der Waals surface area contributed by atoms with Crippen molar-refractivity contribution < 1.29 is 0 Å². The van der Waals surface area contributed by atoms with E-state index in [4.69, 9.17) is 0 Å². The minimum Gasteiger partial charge on any atom is -0.294 e. The molecule has 0 saturated carbocycles. The van der Waals surface area contributed by atoms with Crippen molar-refractivity contribution in [3.63, 3.8) is 0 Å². The van der Waals surface area contributed by atoms with Crippen LogP contribution in [0.1, 0.15) is 30.4 Å². The summed E-state index contributed by atoms with van der Waals surface area (Å²) in [6.45, 7) is 3.24. The van der Waals surface area contributed by atoms with E-state index in [2.05, 4.69) is 36.2 Å². The van der Waals surface area contributed by atoms with Crippen LogP contribution >= 0.6 is 0 Å². The molecule has 1 heterocycles. The van der Waals surface area contributed by atoms with E-state index in [9.17, 15) is 0 Å². The SMILES string of the molecule is Cc1ccccc1CCC1=NCCC1. The number of nitrogens with zero attached hydrogens (tertiary/aromatic N) is 1. The van der Waals surface area contributed by atoms with Crippen LogP contribution in [-0.4, -0.2) is 12.3 Å². The van der Waals surface area contributed by atoms with Gasteiger partial charge in [0.05, 0.1) is 0 Å². The van der Waals surface area contributed by atoms with Crippen molar-refractivity contribution in [2.24, 2.45) is 4.99 Å². The Hall–Kier alpha value is -1.11. The second kappa shape index (κ2) is 4.41. The lowest BCUT2D eigenvalue weighted by Crippen LogP contribution is -1.97. The van der Waals surface area contributed by atoms with E-state index in [1.54, 1.807) is 0 Å². The average Bonchev–Trinajstić information content (AvgIpc) is 2.69. The van der Waals surface area contributed by atoms with Gasteiger partial charge >= 0.3 is 0 Å². The number of benzene rings is 1. The van der Waals surface area contributed by atoms with Crippen LogP contribution in [0.4, 0.5) is 0 Å². The molecule has 1 aromatic rings. The third kappa shape index (κ3) is 2.22. The molecule has 0 atom stereocenters. The van der Waals surface area contributed by atoms with Gasteiger partial charge in [0.1, 0.15) is 0 Å². The standard InChI is InChI=1S/C13H17N/c1-11-5-2-3-6-12(11)8-9-13-7-4-10-14-13/h2-3,5-6H,4,7-10H2,1H3. The molecule has 74 valence electrons. The molecule has 0 fully saturated rings. The highest BCUT2D eigenvalue weighted by Crippen LogP contribution is 2.13. The summed E-state index contributed by atoms with van der Waals surface area (Å²) in [7, 11) is 0. The quantitative estimate of drug-likeness (QED) is 0.689. The van der Waals surface area contributed by atoms with Crippen LogP contribution in [-0.2, 0) is 6.42 Å². The molecule has 0 aromatic heterocycles. The van der Waals surface area contributed by atoms with Crippen molar-refractivity contribution in [1.29, 1.82) is 0 Å². The fraction of sp³-hybridized carbons (Fsp3) is 0.462. The summed E-state index contributed by atoms with van der Waals surface area (Å²) in [5, 5.41) is 0. The highest BCUT2D eigenvalue weighted by molar-refractivity contribution is 5.85. The molecule has 0 N–H and O–H groups in total. The van der Waals surface area contributed by atoms with Gasteiger partial charge in [-0.15, -0.1) is 0 Å². The summed E-state index contributed by atoms with van der Waals surface area (Å²) in [6, 6.07) is 8.64. The van der Waals surface area contributed by atoms with Crippen molar-refractivity contribution in [2.45, 2.75) is 32.6 Å². The number of hydrogen-bond acceptors (Lipinski definition) is 1. The monoisotopic (exact) mass is 187 g/mol. The van der Waals surface area contributed by atoms with Gasteiger partial charge in [0, 0.05) is 12.3 Å². The topological polar surface area (TPSA) is 12.4 Å². The van der Waals surface area contributed by atoms with Crippen molar-refractivity contribution in [3.8, 4) is 0 Å². The Kier molecular flexibility index (Phi) is 2.97.